The van der Waals surface area contributed by atoms with E-state index >= 15 is 0 Å². The molecule has 1 amide bonds. The van der Waals surface area contributed by atoms with Gasteiger partial charge in [-0.05, 0) is 18.1 Å². The molecule has 0 fully saturated rings. The van der Waals surface area contributed by atoms with Crippen molar-refractivity contribution in [2.24, 2.45) is 5.92 Å². The first-order valence-electron chi connectivity index (χ1n) is 5.65. The van der Waals surface area contributed by atoms with Gasteiger partial charge in [-0.3, -0.25) is 9.59 Å². The fourth-order valence-corrected chi connectivity index (χ4v) is 1.56. The second-order valence-electron chi connectivity index (χ2n) is 4.00. The van der Waals surface area contributed by atoms with Crippen LogP contribution in [0.25, 0.3) is 0 Å². The highest BCUT2D eigenvalue weighted by Crippen LogP contribution is 2.17. The maximum Gasteiger partial charge on any atom is 0.304 e. The van der Waals surface area contributed by atoms with Gasteiger partial charge in [0.05, 0.1) is 6.42 Å². The van der Waals surface area contributed by atoms with E-state index in [-0.39, 0.29) is 12.3 Å². The Morgan fingerprint density at radius 3 is 2.59 bits per heavy atom. The molecule has 0 aliphatic carbocycles. The molecular weight excluding hydrogens is 218 g/mol. The number of carboxylic acids is 1. The summed E-state index contributed by atoms with van der Waals surface area (Å²) in [6, 6.07) is 7.52. The molecule has 1 aromatic rings. The summed E-state index contributed by atoms with van der Waals surface area (Å²) in [5.74, 6) is -1.75. The summed E-state index contributed by atoms with van der Waals surface area (Å²) in [6.07, 6.45) is 0.671. The van der Waals surface area contributed by atoms with E-state index in [1.165, 1.54) is 0 Å². The van der Waals surface area contributed by atoms with Gasteiger partial charge in [-0.25, -0.2) is 0 Å². The van der Waals surface area contributed by atoms with Gasteiger partial charge in [-0.15, -0.1) is 0 Å². The number of hydrogen-bond donors (Lipinski definition) is 2. The lowest BCUT2D eigenvalue weighted by molar-refractivity contribution is -0.139. The van der Waals surface area contributed by atoms with Gasteiger partial charge in [0.2, 0.25) is 5.91 Å². The molecule has 0 saturated heterocycles. The Kier molecular flexibility index (Phi) is 4.69. The largest absolute Gasteiger partial charge is 0.481 e. The number of aliphatic carboxylic acids is 1. The molecule has 0 bridgehead atoms. The van der Waals surface area contributed by atoms with Crippen LogP contribution in [0.3, 0.4) is 0 Å². The Balaban J connectivity index is 2.70. The van der Waals surface area contributed by atoms with Crippen molar-refractivity contribution >= 4 is 17.6 Å². The lowest BCUT2D eigenvalue weighted by Crippen LogP contribution is -2.23. The Labute approximate surface area is 101 Å². The van der Waals surface area contributed by atoms with Crippen LogP contribution in [0.1, 0.15) is 25.8 Å². The van der Waals surface area contributed by atoms with Gasteiger partial charge in [0, 0.05) is 11.6 Å². The molecule has 1 atom stereocenters. The molecule has 0 saturated carbocycles. The average molecular weight is 235 g/mol. The quantitative estimate of drug-likeness (QED) is 0.822. The maximum absolute atomic E-state index is 11.7. The minimum Gasteiger partial charge on any atom is -0.481 e. The monoisotopic (exact) mass is 235 g/mol. The minimum atomic E-state index is -0.962. The number of nitrogens with one attached hydrogen (secondary N) is 1. The number of carboxylic acid groups (broad SMARTS) is 1. The number of hydrogen-bond acceptors (Lipinski definition) is 2. The Morgan fingerprint density at radius 1 is 1.35 bits per heavy atom. The van der Waals surface area contributed by atoms with E-state index in [1.807, 2.05) is 31.2 Å². The minimum absolute atomic E-state index is 0.153. The van der Waals surface area contributed by atoms with E-state index in [4.69, 9.17) is 5.11 Å². The lowest BCUT2D eigenvalue weighted by Gasteiger charge is -2.12. The summed E-state index contributed by atoms with van der Waals surface area (Å²) >= 11 is 0. The number of carbonyl (C=O) groups excluding carboxylic acids is 1. The van der Waals surface area contributed by atoms with Crippen molar-refractivity contribution in [3.63, 3.8) is 0 Å². The van der Waals surface area contributed by atoms with Crippen LogP contribution in [0.4, 0.5) is 5.69 Å². The van der Waals surface area contributed by atoms with Crippen molar-refractivity contribution in [3.8, 4) is 0 Å². The van der Waals surface area contributed by atoms with Gasteiger partial charge >= 0.3 is 5.97 Å². The van der Waals surface area contributed by atoms with E-state index in [0.717, 1.165) is 17.7 Å². The lowest BCUT2D eigenvalue weighted by atomic mass is 10.1. The number of benzene rings is 1. The second kappa shape index (κ2) is 6.03. The predicted molar refractivity (Wildman–Crippen MR) is 65.9 cm³/mol. The van der Waals surface area contributed by atoms with E-state index < -0.39 is 11.9 Å². The standard InChI is InChI=1S/C13H17NO3/c1-3-10-6-4-5-7-11(10)14-13(17)9(2)8-12(15)16/h4-7,9H,3,8H2,1-2H3,(H,14,17)(H,15,16). The molecule has 17 heavy (non-hydrogen) atoms. The van der Waals surface area contributed by atoms with Crippen molar-refractivity contribution in [2.45, 2.75) is 26.7 Å². The Hall–Kier alpha value is -1.84. The third kappa shape index (κ3) is 3.90. The summed E-state index contributed by atoms with van der Waals surface area (Å²) in [5, 5.41) is 11.4. The number of aryl methyl sites for hydroxylation is 1. The first-order valence-corrected chi connectivity index (χ1v) is 5.65. The molecule has 0 heterocycles. The summed E-state index contributed by atoms with van der Waals surface area (Å²) in [4.78, 5) is 22.3. The maximum atomic E-state index is 11.7. The number of para-hydroxylation sites is 1. The molecule has 0 aromatic heterocycles. The molecular formula is C13H17NO3. The summed E-state index contributed by atoms with van der Waals surface area (Å²) < 4.78 is 0. The second-order valence-corrected chi connectivity index (χ2v) is 4.00. The molecule has 4 nitrogen and oxygen atoms in total. The zero-order chi connectivity index (χ0) is 12.8. The third-order valence-corrected chi connectivity index (χ3v) is 2.58. The highest BCUT2D eigenvalue weighted by atomic mass is 16.4. The van der Waals surface area contributed by atoms with E-state index in [1.54, 1.807) is 6.92 Å². The summed E-state index contributed by atoms with van der Waals surface area (Å²) in [6.45, 7) is 3.61. The third-order valence-electron chi connectivity index (χ3n) is 2.58. The van der Waals surface area contributed by atoms with Gasteiger partial charge in [-0.1, -0.05) is 32.0 Å². The summed E-state index contributed by atoms with van der Waals surface area (Å²) in [5.41, 5.74) is 1.81. The molecule has 0 aliphatic rings. The van der Waals surface area contributed by atoms with Gasteiger partial charge in [0.25, 0.3) is 0 Å². The molecule has 1 rings (SSSR count). The molecule has 0 spiro atoms. The highest BCUT2D eigenvalue weighted by Gasteiger charge is 2.17. The van der Waals surface area contributed by atoms with Crippen LogP contribution in [0.2, 0.25) is 0 Å². The van der Waals surface area contributed by atoms with Crippen LogP contribution in [-0.2, 0) is 16.0 Å². The smallest absolute Gasteiger partial charge is 0.304 e. The number of amides is 1. The van der Waals surface area contributed by atoms with E-state index in [0.29, 0.717) is 0 Å². The molecule has 1 unspecified atom stereocenters. The zero-order valence-corrected chi connectivity index (χ0v) is 10.1. The van der Waals surface area contributed by atoms with Crippen LogP contribution in [0.5, 0.6) is 0 Å². The topological polar surface area (TPSA) is 66.4 Å². The van der Waals surface area contributed by atoms with E-state index in [9.17, 15) is 9.59 Å². The highest BCUT2D eigenvalue weighted by molar-refractivity contribution is 5.94. The van der Waals surface area contributed by atoms with Crippen molar-refractivity contribution in [3.05, 3.63) is 29.8 Å². The van der Waals surface area contributed by atoms with Gasteiger partial charge in [0.1, 0.15) is 0 Å². The van der Waals surface area contributed by atoms with Crippen LogP contribution >= 0.6 is 0 Å². The first-order chi connectivity index (χ1) is 8.04. The normalized spacial score (nSPS) is 11.9. The van der Waals surface area contributed by atoms with Gasteiger partial charge in [0.15, 0.2) is 0 Å². The molecule has 2 N–H and O–H groups in total. The van der Waals surface area contributed by atoms with E-state index in [2.05, 4.69) is 5.32 Å². The molecule has 1 aromatic carbocycles. The Bertz CT molecular complexity index is 415. The van der Waals surface area contributed by atoms with Crippen LogP contribution in [0.15, 0.2) is 24.3 Å². The number of anilines is 1. The van der Waals surface area contributed by atoms with Gasteiger partial charge in [-0.2, -0.15) is 0 Å². The average Bonchev–Trinajstić information content (AvgIpc) is 2.28. The van der Waals surface area contributed by atoms with Crippen molar-refractivity contribution in [1.29, 1.82) is 0 Å². The number of carbonyl (C=O) groups is 2. The number of rotatable bonds is 5. The summed E-state index contributed by atoms with van der Waals surface area (Å²) in [7, 11) is 0. The molecule has 0 radical (unpaired) electrons. The van der Waals surface area contributed by atoms with Crippen LogP contribution < -0.4 is 5.32 Å². The van der Waals surface area contributed by atoms with Crippen molar-refractivity contribution in [1.82, 2.24) is 0 Å². The molecule has 4 heteroatoms. The van der Waals surface area contributed by atoms with Crippen molar-refractivity contribution < 1.29 is 14.7 Å². The Morgan fingerprint density at radius 2 is 2.00 bits per heavy atom. The zero-order valence-electron chi connectivity index (χ0n) is 10.1. The SMILES string of the molecule is CCc1ccccc1NC(=O)C(C)CC(=O)O. The fraction of sp³-hybridized carbons (Fsp3) is 0.385. The molecule has 92 valence electrons. The van der Waals surface area contributed by atoms with Crippen LogP contribution in [-0.4, -0.2) is 17.0 Å². The van der Waals surface area contributed by atoms with Crippen LogP contribution in [0, 0.1) is 5.92 Å². The fourth-order valence-electron chi connectivity index (χ4n) is 1.56. The molecule has 0 aliphatic heterocycles. The van der Waals surface area contributed by atoms with Gasteiger partial charge < -0.3 is 10.4 Å². The first kappa shape index (κ1) is 13.2. The van der Waals surface area contributed by atoms with Crippen molar-refractivity contribution in [2.75, 3.05) is 5.32 Å². The predicted octanol–water partition coefficient (Wildman–Crippen LogP) is 2.30.